The average molecular weight is 391 g/mol. The molecule has 1 aliphatic rings. The van der Waals surface area contributed by atoms with Gasteiger partial charge < -0.3 is 14.6 Å². The van der Waals surface area contributed by atoms with Crippen molar-refractivity contribution in [1.29, 1.82) is 0 Å². The van der Waals surface area contributed by atoms with Crippen LogP contribution in [-0.2, 0) is 6.54 Å². The summed E-state index contributed by atoms with van der Waals surface area (Å²) in [4.78, 5) is 25.2. The number of nitrogens with zero attached hydrogens (tertiary/aromatic N) is 4. The molecule has 10 heteroatoms. The van der Waals surface area contributed by atoms with Gasteiger partial charge >= 0.3 is 0 Å². The van der Waals surface area contributed by atoms with Crippen molar-refractivity contribution in [2.45, 2.75) is 31.5 Å². The zero-order valence-corrected chi connectivity index (χ0v) is 15.8. The van der Waals surface area contributed by atoms with E-state index in [4.69, 9.17) is 4.42 Å². The Labute approximate surface area is 160 Å². The third-order valence-corrected chi connectivity index (χ3v) is 5.23. The molecule has 1 saturated heterocycles. The lowest BCUT2D eigenvalue weighted by molar-refractivity contribution is -0.385. The number of nitrogens with one attached hydrogen (secondary N) is 1. The lowest BCUT2D eigenvalue weighted by atomic mass is 10.1. The number of nitro benzene ring substituents is 1. The molecule has 144 valence electrons. The van der Waals surface area contributed by atoms with Gasteiger partial charge in [0.2, 0.25) is 5.89 Å². The maximum atomic E-state index is 12.3. The van der Waals surface area contributed by atoms with Gasteiger partial charge in [0.25, 0.3) is 16.8 Å². The van der Waals surface area contributed by atoms with Crippen molar-refractivity contribution in [1.82, 2.24) is 20.4 Å². The highest BCUT2D eigenvalue weighted by molar-refractivity contribution is 7.99. The van der Waals surface area contributed by atoms with Crippen LogP contribution in [0.3, 0.4) is 0 Å². The Bertz CT molecular complexity index is 819. The molecule has 2 heterocycles. The molecule has 2 aromatic rings. The van der Waals surface area contributed by atoms with E-state index in [1.165, 1.54) is 36.7 Å². The first-order valence-electron chi connectivity index (χ1n) is 8.74. The van der Waals surface area contributed by atoms with E-state index in [1.54, 1.807) is 13.0 Å². The van der Waals surface area contributed by atoms with Gasteiger partial charge in [-0.05, 0) is 38.9 Å². The molecule has 1 aromatic carbocycles. The van der Waals surface area contributed by atoms with Crippen LogP contribution >= 0.6 is 11.8 Å². The molecular formula is C17H21N5O4S. The first-order valence-corrected chi connectivity index (χ1v) is 9.73. The molecule has 1 N–H and O–H groups in total. The monoisotopic (exact) mass is 391 g/mol. The molecule has 0 spiro atoms. The second-order valence-electron chi connectivity index (χ2n) is 6.25. The van der Waals surface area contributed by atoms with Crippen LogP contribution in [0.4, 0.5) is 5.69 Å². The Morgan fingerprint density at radius 1 is 1.37 bits per heavy atom. The number of aromatic nitrogens is 2. The Balaban J connectivity index is 1.50. The smallest absolute Gasteiger partial charge is 0.276 e. The number of nitro groups is 1. The molecule has 1 aliphatic heterocycles. The minimum absolute atomic E-state index is 0.0701. The summed E-state index contributed by atoms with van der Waals surface area (Å²) in [5.74, 6) is 0.758. The minimum Gasteiger partial charge on any atom is -0.414 e. The van der Waals surface area contributed by atoms with Gasteiger partial charge in [0.15, 0.2) is 0 Å². The largest absolute Gasteiger partial charge is 0.414 e. The molecule has 0 atom stereocenters. The fourth-order valence-electron chi connectivity index (χ4n) is 2.95. The quantitative estimate of drug-likeness (QED) is 0.414. The van der Waals surface area contributed by atoms with Gasteiger partial charge in [0, 0.05) is 29.5 Å². The summed E-state index contributed by atoms with van der Waals surface area (Å²) in [7, 11) is 0. The topological polar surface area (TPSA) is 114 Å². The number of thioether (sulfide) groups is 1. The lowest BCUT2D eigenvalue weighted by Crippen LogP contribution is -2.24. The molecule has 9 nitrogen and oxygen atoms in total. The van der Waals surface area contributed by atoms with Crippen molar-refractivity contribution in [3.63, 3.8) is 0 Å². The number of hydrogen-bond donors (Lipinski definition) is 1. The Morgan fingerprint density at radius 2 is 2.15 bits per heavy atom. The van der Waals surface area contributed by atoms with Crippen LogP contribution in [0.25, 0.3) is 0 Å². The predicted octanol–water partition coefficient (Wildman–Crippen LogP) is 2.40. The van der Waals surface area contributed by atoms with Crippen molar-refractivity contribution >= 4 is 23.4 Å². The van der Waals surface area contributed by atoms with Crippen LogP contribution in [0.2, 0.25) is 0 Å². The average Bonchev–Trinajstić information content (AvgIpc) is 3.32. The van der Waals surface area contributed by atoms with Crippen LogP contribution in [-0.4, -0.2) is 51.3 Å². The van der Waals surface area contributed by atoms with Gasteiger partial charge in [-0.15, -0.1) is 10.2 Å². The first-order chi connectivity index (χ1) is 13.0. The summed E-state index contributed by atoms with van der Waals surface area (Å²) in [6.45, 7) is 4.91. The van der Waals surface area contributed by atoms with Crippen molar-refractivity contribution in [3.05, 3.63) is 45.3 Å². The molecule has 1 fully saturated rings. The zero-order chi connectivity index (χ0) is 19.2. The van der Waals surface area contributed by atoms with E-state index in [1.807, 2.05) is 0 Å². The number of carbonyl (C=O) groups is 1. The summed E-state index contributed by atoms with van der Waals surface area (Å²) in [5, 5.41) is 22.0. The van der Waals surface area contributed by atoms with Gasteiger partial charge in [-0.25, -0.2) is 0 Å². The van der Waals surface area contributed by atoms with E-state index in [9.17, 15) is 14.9 Å². The van der Waals surface area contributed by atoms with E-state index in [0.717, 1.165) is 25.4 Å². The minimum atomic E-state index is -0.504. The maximum Gasteiger partial charge on any atom is 0.276 e. The second kappa shape index (κ2) is 8.96. The number of benzene rings is 1. The number of amides is 1. The summed E-state index contributed by atoms with van der Waals surface area (Å²) < 4.78 is 5.53. The number of carbonyl (C=O) groups excluding carboxylic acids is 1. The molecule has 0 unspecified atom stereocenters. The highest BCUT2D eigenvalue weighted by Crippen LogP contribution is 2.21. The van der Waals surface area contributed by atoms with Gasteiger partial charge in [0.05, 0.1) is 11.5 Å². The molecule has 27 heavy (non-hydrogen) atoms. The van der Waals surface area contributed by atoms with E-state index in [2.05, 4.69) is 20.4 Å². The lowest BCUT2D eigenvalue weighted by Gasteiger charge is -2.12. The fourth-order valence-corrected chi connectivity index (χ4v) is 3.73. The van der Waals surface area contributed by atoms with Crippen molar-refractivity contribution in [3.8, 4) is 0 Å². The van der Waals surface area contributed by atoms with Crippen LogP contribution < -0.4 is 5.32 Å². The van der Waals surface area contributed by atoms with Gasteiger partial charge in [-0.2, -0.15) is 0 Å². The molecule has 0 aliphatic carbocycles. The third-order valence-electron chi connectivity index (χ3n) is 4.43. The summed E-state index contributed by atoms with van der Waals surface area (Å²) in [6.07, 6.45) is 2.53. The normalized spacial score (nSPS) is 14.4. The summed E-state index contributed by atoms with van der Waals surface area (Å²) >= 11 is 1.50. The zero-order valence-electron chi connectivity index (χ0n) is 15.0. The van der Waals surface area contributed by atoms with Crippen LogP contribution in [0.15, 0.2) is 27.8 Å². The summed E-state index contributed by atoms with van der Waals surface area (Å²) in [6, 6.07) is 4.41. The highest BCUT2D eigenvalue weighted by Gasteiger charge is 2.18. The Kier molecular flexibility index (Phi) is 6.40. The van der Waals surface area contributed by atoms with E-state index in [-0.39, 0.29) is 17.8 Å². The molecular weight excluding hydrogens is 370 g/mol. The van der Waals surface area contributed by atoms with Crippen LogP contribution in [0.5, 0.6) is 0 Å². The highest BCUT2D eigenvalue weighted by atomic mass is 32.2. The van der Waals surface area contributed by atoms with E-state index < -0.39 is 10.8 Å². The number of rotatable bonds is 8. The van der Waals surface area contributed by atoms with Crippen molar-refractivity contribution < 1.29 is 14.1 Å². The van der Waals surface area contributed by atoms with Gasteiger partial charge in [0.1, 0.15) is 0 Å². The van der Waals surface area contributed by atoms with Gasteiger partial charge in [-0.1, -0.05) is 17.8 Å². The molecule has 1 amide bonds. The van der Waals surface area contributed by atoms with Crippen LogP contribution in [0, 0.1) is 17.0 Å². The third kappa shape index (κ3) is 5.04. The Hall–Kier alpha value is -2.46. The standard InChI is InChI=1S/C17H21N5O4S/c1-12-13(5-4-6-14(12)22(24)25)16(23)18-11-15-19-20-17(26-15)27-10-9-21-7-2-3-8-21/h4-6H,2-3,7-11H2,1H3,(H,18,23). The molecule has 1 aromatic heterocycles. The van der Waals surface area contributed by atoms with E-state index >= 15 is 0 Å². The number of likely N-dealkylation sites (tertiary alicyclic amines) is 1. The maximum absolute atomic E-state index is 12.3. The van der Waals surface area contributed by atoms with Crippen molar-refractivity contribution in [2.75, 3.05) is 25.4 Å². The first kappa shape index (κ1) is 19.3. The Morgan fingerprint density at radius 3 is 2.89 bits per heavy atom. The number of hydrogen-bond acceptors (Lipinski definition) is 8. The molecule has 3 rings (SSSR count). The summed E-state index contributed by atoms with van der Waals surface area (Å²) in [5.41, 5.74) is 0.491. The van der Waals surface area contributed by atoms with Crippen molar-refractivity contribution in [2.24, 2.45) is 0 Å². The molecule has 0 radical (unpaired) electrons. The molecule has 0 saturated carbocycles. The molecule has 0 bridgehead atoms. The van der Waals surface area contributed by atoms with Gasteiger partial charge in [-0.3, -0.25) is 14.9 Å². The second-order valence-corrected chi connectivity index (χ2v) is 7.29. The fraction of sp³-hybridized carbons (Fsp3) is 0.471. The SMILES string of the molecule is Cc1c(C(=O)NCc2nnc(SCCN3CCCC3)o2)cccc1[N+](=O)[O-]. The van der Waals surface area contributed by atoms with E-state index in [0.29, 0.717) is 16.7 Å². The van der Waals surface area contributed by atoms with Crippen LogP contribution in [0.1, 0.15) is 34.7 Å². The predicted molar refractivity (Wildman–Crippen MR) is 99.7 cm³/mol.